The average Bonchev–Trinajstić information content (AvgIpc) is 3.20. The number of pyridine rings is 4. The molecule has 0 aliphatic carbocycles. The second-order valence-electron chi connectivity index (χ2n) is 11.1. The molecule has 228 valence electrons. The molecule has 8 rings (SSSR count). The van der Waals surface area contributed by atoms with Gasteiger partial charge in [-0.25, -0.2) is 19.9 Å². The summed E-state index contributed by atoms with van der Waals surface area (Å²) in [5.41, 5.74) is 11.8. The summed E-state index contributed by atoms with van der Waals surface area (Å²) in [5, 5.41) is 0. The third-order valence-corrected chi connectivity index (χ3v) is 7.80. The first-order valence-electron chi connectivity index (χ1n) is 15.9. The van der Waals surface area contributed by atoms with E-state index in [4.69, 9.17) is 19.9 Å². The molecule has 0 saturated heterocycles. The Morgan fingerprint density at radius 3 is 0.562 bits per heavy atom. The van der Waals surface area contributed by atoms with Crippen molar-refractivity contribution in [2.75, 3.05) is 0 Å². The zero-order valence-corrected chi connectivity index (χ0v) is 26.3. The van der Waals surface area contributed by atoms with Crippen molar-refractivity contribution in [3.05, 3.63) is 194 Å². The largest absolute Gasteiger partial charge is 0.246 e. The fraction of sp³-hybridized carbons (Fsp3) is 0. The van der Waals surface area contributed by atoms with Gasteiger partial charge in [0.15, 0.2) is 0 Å². The molecule has 4 nitrogen and oxygen atoms in total. The van der Waals surface area contributed by atoms with Crippen LogP contribution in [0.25, 0.3) is 67.8 Å². The number of rotatable bonds is 6. The van der Waals surface area contributed by atoms with Gasteiger partial charge in [-0.05, 0) is 48.5 Å². The molecule has 0 atom stereocenters. The van der Waals surface area contributed by atoms with E-state index in [2.05, 4.69) is 48.5 Å². The third-order valence-electron chi connectivity index (χ3n) is 7.80. The molecule has 0 aliphatic rings. The average molecular weight is 617 g/mol. The van der Waals surface area contributed by atoms with Crippen LogP contribution in [0.4, 0.5) is 0 Å². The fourth-order valence-corrected chi connectivity index (χ4v) is 5.39. The Morgan fingerprint density at radius 2 is 0.354 bits per heavy atom. The van der Waals surface area contributed by atoms with Gasteiger partial charge in [-0.2, -0.15) is 0 Å². The summed E-state index contributed by atoms with van der Waals surface area (Å²) >= 11 is 0. The highest BCUT2D eigenvalue weighted by Crippen LogP contribution is 2.26. The maximum absolute atomic E-state index is 4.79. The Kier molecular flexibility index (Phi) is 9.24. The molecule has 0 spiro atoms. The molecule has 4 aromatic carbocycles. The monoisotopic (exact) mass is 616 g/mol. The van der Waals surface area contributed by atoms with Crippen LogP contribution in [0.5, 0.6) is 0 Å². The third kappa shape index (κ3) is 7.30. The lowest BCUT2D eigenvalue weighted by Crippen LogP contribution is -1.92. The molecule has 48 heavy (non-hydrogen) atoms. The molecule has 0 radical (unpaired) electrons. The Balaban J connectivity index is 0.000000152. The molecule has 8 aromatic rings. The first-order chi connectivity index (χ1) is 23.8. The first kappa shape index (κ1) is 30.2. The fourth-order valence-electron chi connectivity index (χ4n) is 5.39. The SMILES string of the molecule is c1ccc(-c2cccc(-c3cccc(-c4ccccc4)n3)n2)cc1.c1ccc(-c2cccc(-c3cccc(-c4ccccc4)n3)n2)cc1. The summed E-state index contributed by atoms with van der Waals surface area (Å²) < 4.78 is 0. The lowest BCUT2D eigenvalue weighted by atomic mass is 10.1. The van der Waals surface area contributed by atoms with Crippen LogP contribution < -0.4 is 0 Å². The van der Waals surface area contributed by atoms with Crippen LogP contribution in [0.1, 0.15) is 0 Å². The summed E-state index contributed by atoms with van der Waals surface area (Å²) in [4.78, 5) is 19.1. The highest BCUT2D eigenvalue weighted by Gasteiger charge is 2.08. The minimum Gasteiger partial charge on any atom is -0.246 e. The Labute approximate surface area is 281 Å². The summed E-state index contributed by atoms with van der Waals surface area (Å²) in [6.07, 6.45) is 0. The Hall–Kier alpha value is -6.52. The Morgan fingerprint density at radius 1 is 0.167 bits per heavy atom. The zero-order valence-electron chi connectivity index (χ0n) is 26.3. The molecule has 4 heteroatoms. The van der Waals surface area contributed by atoms with Crippen molar-refractivity contribution in [2.45, 2.75) is 0 Å². The van der Waals surface area contributed by atoms with Gasteiger partial charge in [0.25, 0.3) is 0 Å². The molecule has 0 unspecified atom stereocenters. The molecular formula is C44H32N4. The van der Waals surface area contributed by atoms with Gasteiger partial charge in [0.05, 0.1) is 45.6 Å². The number of hydrogen-bond acceptors (Lipinski definition) is 4. The van der Waals surface area contributed by atoms with E-state index in [-0.39, 0.29) is 0 Å². The van der Waals surface area contributed by atoms with Gasteiger partial charge >= 0.3 is 0 Å². The molecular weight excluding hydrogens is 585 g/mol. The number of benzene rings is 4. The highest BCUT2D eigenvalue weighted by atomic mass is 14.8. The molecule has 4 aromatic heterocycles. The molecule has 0 N–H and O–H groups in total. The van der Waals surface area contributed by atoms with Gasteiger partial charge in [-0.1, -0.05) is 146 Å². The maximum Gasteiger partial charge on any atom is 0.0893 e. The molecule has 4 heterocycles. The molecule has 0 bridgehead atoms. The van der Waals surface area contributed by atoms with E-state index in [9.17, 15) is 0 Å². The summed E-state index contributed by atoms with van der Waals surface area (Å²) in [6, 6.07) is 65.1. The van der Waals surface area contributed by atoms with E-state index in [0.717, 1.165) is 67.8 Å². The summed E-state index contributed by atoms with van der Waals surface area (Å²) in [5.74, 6) is 0. The molecule has 0 aliphatic heterocycles. The molecule has 0 amide bonds. The van der Waals surface area contributed by atoms with Gasteiger partial charge in [-0.3, -0.25) is 0 Å². The number of aromatic nitrogens is 4. The van der Waals surface area contributed by atoms with Crippen LogP contribution >= 0.6 is 0 Å². The van der Waals surface area contributed by atoms with E-state index in [0.29, 0.717) is 0 Å². The maximum atomic E-state index is 4.79. The van der Waals surface area contributed by atoms with E-state index in [1.807, 2.05) is 146 Å². The highest BCUT2D eigenvalue weighted by molar-refractivity contribution is 5.69. The van der Waals surface area contributed by atoms with Crippen molar-refractivity contribution in [1.29, 1.82) is 0 Å². The quantitative estimate of drug-likeness (QED) is 0.186. The zero-order chi connectivity index (χ0) is 32.4. The summed E-state index contributed by atoms with van der Waals surface area (Å²) in [6.45, 7) is 0. The Bertz CT molecular complexity index is 1900. The standard InChI is InChI=1S/2C22H16N2/c2*1-3-9-17(10-4-1)19-13-7-15-21(23-19)22-16-8-14-20(24-22)18-11-5-2-6-12-18/h2*1-16H. The second-order valence-corrected chi connectivity index (χ2v) is 11.1. The van der Waals surface area contributed by atoms with Crippen LogP contribution in [0.2, 0.25) is 0 Å². The second kappa shape index (κ2) is 14.7. The topological polar surface area (TPSA) is 51.6 Å². The smallest absolute Gasteiger partial charge is 0.0893 e. The van der Waals surface area contributed by atoms with E-state index in [1.54, 1.807) is 0 Å². The van der Waals surface area contributed by atoms with Crippen LogP contribution in [0.15, 0.2) is 194 Å². The van der Waals surface area contributed by atoms with Gasteiger partial charge in [-0.15, -0.1) is 0 Å². The first-order valence-corrected chi connectivity index (χ1v) is 15.9. The number of nitrogens with zero attached hydrogens (tertiary/aromatic N) is 4. The number of hydrogen-bond donors (Lipinski definition) is 0. The lowest BCUT2D eigenvalue weighted by molar-refractivity contribution is 1.25. The van der Waals surface area contributed by atoms with Gasteiger partial charge < -0.3 is 0 Å². The normalized spacial score (nSPS) is 10.5. The minimum absolute atomic E-state index is 0.883. The van der Waals surface area contributed by atoms with E-state index >= 15 is 0 Å². The van der Waals surface area contributed by atoms with Gasteiger partial charge in [0.1, 0.15) is 0 Å². The summed E-state index contributed by atoms with van der Waals surface area (Å²) in [7, 11) is 0. The van der Waals surface area contributed by atoms with Crippen LogP contribution in [-0.4, -0.2) is 19.9 Å². The predicted octanol–water partition coefficient (Wildman–Crippen LogP) is 11.0. The van der Waals surface area contributed by atoms with Crippen molar-refractivity contribution in [3.8, 4) is 67.8 Å². The van der Waals surface area contributed by atoms with E-state index < -0.39 is 0 Å². The van der Waals surface area contributed by atoms with Crippen molar-refractivity contribution >= 4 is 0 Å². The predicted molar refractivity (Wildman–Crippen MR) is 197 cm³/mol. The van der Waals surface area contributed by atoms with Gasteiger partial charge in [0.2, 0.25) is 0 Å². The van der Waals surface area contributed by atoms with Crippen molar-refractivity contribution in [2.24, 2.45) is 0 Å². The van der Waals surface area contributed by atoms with Crippen molar-refractivity contribution in [3.63, 3.8) is 0 Å². The lowest BCUT2D eigenvalue weighted by Gasteiger charge is -2.07. The van der Waals surface area contributed by atoms with Crippen molar-refractivity contribution < 1.29 is 0 Å². The minimum atomic E-state index is 0.883. The van der Waals surface area contributed by atoms with Gasteiger partial charge in [0, 0.05) is 22.3 Å². The molecule has 0 saturated carbocycles. The van der Waals surface area contributed by atoms with Crippen molar-refractivity contribution in [1.82, 2.24) is 19.9 Å². The molecule has 0 fully saturated rings. The van der Waals surface area contributed by atoms with Crippen LogP contribution in [-0.2, 0) is 0 Å². The van der Waals surface area contributed by atoms with Crippen LogP contribution in [0, 0.1) is 0 Å². The van der Waals surface area contributed by atoms with Crippen LogP contribution in [0.3, 0.4) is 0 Å². The van der Waals surface area contributed by atoms with E-state index in [1.165, 1.54) is 0 Å².